The Morgan fingerprint density at radius 3 is 2.87 bits per heavy atom. The summed E-state index contributed by atoms with van der Waals surface area (Å²) in [6.07, 6.45) is 6.94. The molecule has 2 saturated carbocycles. The summed E-state index contributed by atoms with van der Waals surface area (Å²) in [7, 11) is 0. The van der Waals surface area contributed by atoms with Crippen molar-refractivity contribution >= 4 is 11.8 Å². The van der Waals surface area contributed by atoms with E-state index in [1.165, 1.54) is 37.9 Å². The summed E-state index contributed by atoms with van der Waals surface area (Å²) < 4.78 is 6.43. The van der Waals surface area contributed by atoms with E-state index in [1.54, 1.807) is 0 Å². The summed E-state index contributed by atoms with van der Waals surface area (Å²) >= 11 is 2.11. The highest BCUT2D eigenvalue weighted by atomic mass is 32.2. The van der Waals surface area contributed by atoms with Gasteiger partial charge in [0.25, 0.3) is 0 Å². The van der Waals surface area contributed by atoms with Crippen LogP contribution in [0, 0.1) is 16.7 Å². The first-order valence-electron chi connectivity index (χ1n) is 6.39. The van der Waals surface area contributed by atoms with E-state index in [-0.39, 0.29) is 0 Å². The topological polar surface area (TPSA) is 9.23 Å². The number of rotatable bonds is 0. The molecule has 2 heteroatoms. The van der Waals surface area contributed by atoms with E-state index < -0.39 is 0 Å². The smallest absolute Gasteiger partial charge is 0.104 e. The van der Waals surface area contributed by atoms with Gasteiger partial charge in [-0.05, 0) is 43.4 Å². The second-order valence-electron chi connectivity index (χ2n) is 6.63. The van der Waals surface area contributed by atoms with Crippen molar-refractivity contribution in [2.24, 2.45) is 16.7 Å². The molecule has 2 saturated heterocycles. The first kappa shape index (κ1) is 9.35. The Morgan fingerprint density at radius 1 is 1.20 bits per heavy atom. The molecule has 4 rings (SSSR count). The van der Waals surface area contributed by atoms with Crippen molar-refractivity contribution in [2.75, 3.05) is 5.75 Å². The molecular weight excluding hydrogens is 204 g/mol. The third kappa shape index (κ3) is 0.792. The molecule has 1 nitrogen and oxygen atoms in total. The summed E-state index contributed by atoms with van der Waals surface area (Å²) in [4.78, 5) is 0. The SMILES string of the molecule is CC1(C)C2CCC13CSC1CCC3(C2)O1. The van der Waals surface area contributed by atoms with Crippen LogP contribution in [0.15, 0.2) is 0 Å². The van der Waals surface area contributed by atoms with Crippen molar-refractivity contribution in [3.63, 3.8) is 0 Å². The zero-order valence-corrected chi connectivity index (χ0v) is 10.5. The molecule has 0 radical (unpaired) electrons. The van der Waals surface area contributed by atoms with Crippen LogP contribution in [0.4, 0.5) is 0 Å². The predicted molar refractivity (Wildman–Crippen MR) is 62.9 cm³/mol. The van der Waals surface area contributed by atoms with Gasteiger partial charge in [-0.3, -0.25) is 0 Å². The lowest BCUT2D eigenvalue weighted by atomic mass is 9.63. The average Bonchev–Trinajstić information content (AvgIpc) is 2.72. The van der Waals surface area contributed by atoms with Gasteiger partial charge in [0.1, 0.15) is 5.44 Å². The van der Waals surface area contributed by atoms with Crippen LogP contribution in [-0.2, 0) is 4.74 Å². The number of hydrogen-bond acceptors (Lipinski definition) is 2. The quantitative estimate of drug-likeness (QED) is 0.623. The molecule has 4 fully saturated rings. The fourth-order valence-electron chi connectivity index (χ4n) is 5.22. The molecule has 84 valence electrons. The van der Waals surface area contributed by atoms with Gasteiger partial charge < -0.3 is 4.74 Å². The van der Waals surface area contributed by atoms with Crippen LogP contribution < -0.4 is 0 Å². The Morgan fingerprint density at radius 2 is 2.07 bits per heavy atom. The van der Waals surface area contributed by atoms with Crippen molar-refractivity contribution in [3.8, 4) is 0 Å². The molecule has 0 aromatic heterocycles. The van der Waals surface area contributed by atoms with Crippen LogP contribution in [0.3, 0.4) is 0 Å². The Kier molecular flexibility index (Phi) is 1.51. The van der Waals surface area contributed by atoms with E-state index in [9.17, 15) is 0 Å². The second-order valence-corrected chi connectivity index (χ2v) is 7.78. The third-order valence-electron chi connectivity index (χ3n) is 6.28. The first-order chi connectivity index (χ1) is 7.10. The van der Waals surface area contributed by atoms with Crippen LogP contribution >= 0.6 is 11.8 Å². The Labute approximate surface area is 96.3 Å². The fraction of sp³-hybridized carbons (Fsp3) is 1.00. The van der Waals surface area contributed by atoms with Gasteiger partial charge in [0, 0.05) is 11.2 Å². The van der Waals surface area contributed by atoms with Crippen molar-refractivity contribution in [2.45, 2.75) is 57.0 Å². The highest BCUT2D eigenvalue weighted by Gasteiger charge is 2.74. The van der Waals surface area contributed by atoms with Crippen molar-refractivity contribution < 1.29 is 4.74 Å². The summed E-state index contributed by atoms with van der Waals surface area (Å²) in [5.41, 5.74) is 1.93. The number of thioether (sulfide) groups is 1. The predicted octanol–water partition coefficient (Wildman–Crippen LogP) is 3.43. The molecule has 4 atom stereocenters. The molecule has 2 heterocycles. The van der Waals surface area contributed by atoms with Gasteiger partial charge >= 0.3 is 0 Å². The Bertz CT molecular complexity index is 326. The van der Waals surface area contributed by atoms with E-state index in [0.29, 0.717) is 21.9 Å². The third-order valence-corrected chi connectivity index (χ3v) is 7.64. The Hall–Kier alpha value is 0.310. The molecule has 4 aliphatic rings. The molecule has 0 N–H and O–H groups in total. The number of fused-ring (bicyclic) bond motifs is 2. The molecule has 2 aliphatic heterocycles. The summed E-state index contributed by atoms with van der Waals surface area (Å²) in [6, 6.07) is 0. The second kappa shape index (κ2) is 2.43. The lowest BCUT2D eigenvalue weighted by molar-refractivity contribution is -0.117. The van der Waals surface area contributed by atoms with Gasteiger partial charge in [-0.1, -0.05) is 13.8 Å². The molecule has 2 spiro atoms. The lowest BCUT2D eigenvalue weighted by Gasteiger charge is -2.51. The molecule has 15 heavy (non-hydrogen) atoms. The highest BCUT2D eigenvalue weighted by Crippen LogP contribution is 2.76. The average molecular weight is 224 g/mol. The molecule has 0 amide bonds. The Balaban J connectivity index is 1.89. The zero-order chi connectivity index (χ0) is 10.3. The number of hydrogen-bond donors (Lipinski definition) is 0. The van der Waals surface area contributed by atoms with Crippen LogP contribution in [-0.4, -0.2) is 16.8 Å². The van der Waals surface area contributed by atoms with Gasteiger partial charge in [0.2, 0.25) is 0 Å². The number of ether oxygens (including phenoxy) is 1. The standard InChI is InChI=1S/C13H20OS/c1-11(2)9-3-5-12(11)8-15-10-4-6-13(12,7-9)14-10/h9-10H,3-8H2,1-2H3. The van der Waals surface area contributed by atoms with E-state index in [1.807, 2.05) is 0 Å². The van der Waals surface area contributed by atoms with Gasteiger partial charge in [-0.15, -0.1) is 11.8 Å². The van der Waals surface area contributed by atoms with Gasteiger partial charge in [-0.25, -0.2) is 0 Å². The molecule has 0 aromatic carbocycles. The molecule has 2 aliphatic carbocycles. The first-order valence-corrected chi connectivity index (χ1v) is 7.44. The monoisotopic (exact) mass is 224 g/mol. The van der Waals surface area contributed by atoms with Crippen LogP contribution in [0.1, 0.15) is 46.0 Å². The van der Waals surface area contributed by atoms with E-state index >= 15 is 0 Å². The maximum atomic E-state index is 6.43. The van der Waals surface area contributed by atoms with Crippen LogP contribution in [0.25, 0.3) is 0 Å². The van der Waals surface area contributed by atoms with Gasteiger partial charge in [-0.2, -0.15) is 0 Å². The molecule has 0 aromatic rings. The molecular formula is C13H20OS. The summed E-state index contributed by atoms with van der Waals surface area (Å²) in [6.45, 7) is 5.03. The summed E-state index contributed by atoms with van der Waals surface area (Å²) in [5, 5.41) is 0. The van der Waals surface area contributed by atoms with Crippen molar-refractivity contribution in [1.29, 1.82) is 0 Å². The maximum absolute atomic E-state index is 6.43. The van der Waals surface area contributed by atoms with E-state index in [0.717, 1.165) is 5.92 Å². The van der Waals surface area contributed by atoms with Crippen molar-refractivity contribution in [1.82, 2.24) is 0 Å². The van der Waals surface area contributed by atoms with Crippen molar-refractivity contribution in [3.05, 3.63) is 0 Å². The highest BCUT2D eigenvalue weighted by molar-refractivity contribution is 7.99. The minimum atomic E-state index is 0.315. The van der Waals surface area contributed by atoms with Gasteiger partial charge in [0.15, 0.2) is 0 Å². The zero-order valence-electron chi connectivity index (χ0n) is 9.71. The maximum Gasteiger partial charge on any atom is 0.104 e. The molecule has 4 bridgehead atoms. The fourth-order valence-corrected chi connectivity index (χ4v) is 7.01. The van der Waals surface area contributed by atoms with Gasteiger partial charge in [0.05, 0.1) is 5.60 Å². The normalized spacial score (nSPS) is 59.6. The van der Waals surface area contributed by atoms with Crippen LogP contribution in [0.5, 0.6) is 0 Å². The van der Waals surface area contributed by atoms with E-state index in [4.69, 9.17) is 4.74 Å². The largest absolute Gasteiger partial charge is 0.361 e. The minimum Gasteiger partial charge on any atom is -0.361 e. The lowest BCUT2D eigenvalue weighted by Crippen LogP contribution is -2.53. The van der Waals surface area contributed by atoms with Crippen LogP contribution in [0.2, 0.25) is 0 Å². The molecule has 4 unspecified atom stereocenters. The van der Waals surface area contributed by atoms with E-state index in [2.05, 4.69) is 25.6 Å². The minimum absolute atomic E-state index is 0.315. The summed E-state index contributed by atoms with van der Waals surface area (Å²) in [5.74, 6) is 2.32.